The lowest BCUT2D eigenvalue weighted by atomic mass is 9.80. The monoisotopic (exact) mass is 248 g/mol. The van der Waals surface area contributed by atoms with E-state index in [2.05, 4.69) is 25.0 Å². The molecule has 0 aromatic heterocycles. The van der Waals surface area contributed by atoms with Crippen molar-refractivity contribution in [2.45, 2.75) is 58.0 Å². The van der Waals surface area contributed by atoms with Crippen molar-refractivity contribution in [3.63, 3.8) is 0 Å². The average molecular weight is 248 g/mol. The van der Waals surface area contributed by atoms with Crippen molar-refractivity contribution in [3.05, 3.63) is 12.2 Å². The van der Waals surface area contributed by atoms with Gasteiger partial charge in [0.1, 0.15) is 6.17 Å². The molecule has 100 valence electrons. The molecular weight excluding hydrogens is 223 g/mol. The Balaban J connectivity index is 1.93. The van der Waals surface area contributed by atoms with Gasteiger partial charge in [-0.05, 0) is 62.7 Å². The summed E-state index contributed by atoms with van der Waals surface area (Å²) >= 11 is 0. The molecule has 0 bridgehead atoms. The van der Waals surface area contributed by atoms with E-state index in [-0.39, 0.29) is 0 Å². The number of rotatable bonds is 4. The zero-order valence-corrected chi connectivity index (χ0v) is 11.4. The van der Waals surface area contributed by atoms with E-state index in [1.54, 1.807) is 0 Å². The van der Waals surface area contributed by atoms with E-state index in [4.69, 9.17) is 6.42 Å². The fraction of sp³-hybridized carbons (Fsp3) is 0.765. The highest BCUT2D eigenvalue weighted by molar-refractivity contribution is 5.07. The largest absolute Gasteiger partial charge is 0.247 e. The second-order valence-electron chi connectivity index (χ2n) is 5.98. The number of hydrogen-bond donors (Lipinski definition) is 0. The third-order valence-electron chi connectivity index (χ3n) is 4.89. The first kappa shape index (κ1) is 13.7. The van der Waals surface area contributed by atoms with Gasteiger partial charge in [0.15, 0.2) is 0 Å². The highest BCUT2D eigenvalue weighted by atomic mass is 19.1. The van der Waals surface area contributed by atoms with Gasteiger partial charge in [-0.25, -0.2) is 4.39 Å². The van der Waals surface area contributed by atoms with Crippen LogP contribution in [-0.4, -0.2) is 6.17 Å². The highest BCUT2D eigenvalue weighted by Crippen LogP contribution is 2.47. The molecule has 2 fully saturated rings. The smallest absolute Gasteiger partial charge is 0.100 e. The van der Waals surface area contributed by atoms with Gasteiger partial charge in [0, 0.05) is 5.92 Å². The quantitative estimate of drug-likeness (QED) is 0.497. The van der Waals surface area contributed by atoms with Crippen LogP contribution in [0.2, 0.25) is 0 Å². The van der Waals surface area contributed by atoms with E-state index in [1.165, 1.54) is 12.8 Å². The van der Waals surface area contributed by atoms with Crippen LogP contribution < -0.4 is 0 Å². The molecule has 0 heterocycles. The first-order valence-electron chi connectivity index (χ1n) is 7.51. The summed E-state index contributed by atoms with van der Waals surface area (Å²) in [5.41, 5.74) is 0. The molecule has 0 amide bonds. The Morgan fingerprint density at radius 1 is 1.22 bits per heavy atom. The van der Waals surface area contributed by atoms with Crippen LogP contribution in [0.4, 0.5) is 4.39 Å². The Morgan fingerprint density at radius 2 is 2.06 bits per heavy atom. The lowest BCUT2D eigenvalue weighted by Crippen LogP contribution is -2.19. The normalized spacial score (nSPS) is 40.4. The van der Waals surface area contributed by atoms with Crippen molar-refractivity contribution in [2.75, 3.05) is 0 Å². The Bertz CT molecular complexity index is 325. The minimum Gasteiger partial charge on any atom is -0.247 e. The standard InChI is InChI=1S/C17H25F/c1-3-5-6-7-13-9-11-17(16(13)4-2)14-8-10-15(18)12-14/h2,5-6,13-17H,3,7-12H2,1H3/b6-5-. The molecule has 18 heavy (non-hydrogen) atoms. The first-order valence-corrected chi connectivity index (χ1v) is 7.51. The summed E-state index contributed by atoms with van der Waals surface area (Å²) in [6, 6.07) is 0. The lowest BCUT2D eigenvalue weighted by Gasteiger charge is -2.24. The molecule has 0 radical (unpaired) electrons. The van der Waals surface area contributed by atoms with Crippen molar-refractivity contribution >= 4 is 0 Å². The molecule has 2 aliphatic rings. The Kier molecular flexibility index (Phi) is 4.87. The van der Waals surface area contributed by atoms with Gasteiger partial charge in [0.05, 0.1) is 0 Å². The molecule has 1 heteroatoms. The van der Waals surface area contributed by atoms with Gasteiger partial charge in [-0.2, -0.15) is 0 Å². The van der Waals surface area contributed by atoms with E-state index in [9.17, 15) is 4.39 Å². The number of alkyl halides is 1. The molecule has 0 spiro atoms. The maximum atomic E-state index is 13.3. The molecule has 2 saturated carbocycles. The van der Waals surface area contributed by atoms with Crippen LogP contribution in [-0.2, 0) is 0 Å². The summed E-state index contributed by atoms with van der Waals surface area (Å²) in [6.07, 6.45) is 17.0. The predicted octanol–water partition coefficient (Wildman–Crippen LogP) is 4.76. The van der Waals surface area contributed by atoms with E-state index < -0.39 is 6.17 Å². The van der Waals surface area contributed by atoms with Crippen LogP contribution >= 0.6 is 0 Å². The minimum atomic E-state index is -0.563. The van der Waals surface area contributed by atoms with Gasteiger partial charge in [0.25, 0.3) is 0 Å². The maximum absolute atomic E-state index is 13.3. The van der Waals surface area contributed by atoms with Gasteiger partial charge < -0.3 is 0 Å². The third-order valence-corrected chi connectivity index (χ3v) is 4.89. The van der Waals surface area contributed by atoms with Gasteiger partial charge in [0.2, 0.25) is 0 Å². The summed E-state index contributed by atoms with van der Waals surface area (Å²) in [4.78, 5) is 0. The maximum Gasteiger partial charge on any atom is 0.100 e. The van der Waals surface area contributed by atoms with E-state index in [0.717, 1.165) is 32.1 Å². The molecule has 0 aromatic carbocycles. The first-order chi connectivity index (χ1) is 8.76. The molecule has 0 saturated heterocycles. The lowest BCUT2D eigenvalue weighted by molar-refractivity contribution is 0.257. The number of terminal acetylenes is 1. The third kappa shape index (κ3) is 2.97. The van der Waals surface area contributed by atoms with Gasteiger partial charge >= 0.3 is 0 Å². The molecule has 2 rings (SSSR count). The molecule has 5 unspecified atom stereocenters. The number of allylic oxidation sites excluding steroid dienone is 2. The molecule has 5 atom stereocenters. The summed E-state index contributed by atoms with van der Waals surface area (Å²) in [5.74, 6) is 5.21. The fourth-order valence-electron chi connectivity index (χ4n) is 3.95. The van der Waals surface area contributed by atoms with E-state index >= 15 is 0 Å². The number of hydrogen-bond acceptors (Lipinski definition) is 0. The molecule has 2 aliphatic carbocycles. The average Bonchev–Trinajstić information content (AvgIpc) is 2.95. The van der Waals surface area contributed by atoms with Gasteiger partial charge in [-0.15, -0.1) is 12.3 Å². The highest BCUT2D eigenvalue weighted by Gasteiger charge is 2.41. The van der Waals surface area contributed by atoms with E-state index in [1.807, 2.05) is 0 Å². The zero-order valence-electron chi connectivity index (χ0n) is 11.4. The van der Waals surface area contributed by atoms with Crippen molar-refractivity contribution in [1.82, 2.24) is 0 Å². The minimum absolute atomic E-state index is 0.391. The second-order valence-corrected chi connectivity index (χ2v) is 5.98. The van der Waals surface area contributed by atoms with Crippen LogP contribution in [0, 0.1) is 36.0 Å². The van der Waals surface area contributed by atoms with Crippen LogP contribution in [0.3, 0.4) is 0 Å². The molecule has 0 aliphatic heterocycles. The van der Waals surface area contributed by atoms with Crippen LogP contribution in [0.5, 0.6) is 0 Å². The number of halogens is 1. The van der Waals surface area contributed by atoms with Crippen molar-refractivity contribution in [3.8, 4) is 12.3 Å². The molecular formula is C17H25F. The van der Waals surface area contributed by atoms with Crippen LogP contribution in [0.25, 0.3) is 0 Å². The summed E-state index contributed by atoms with van der Waals surface area (Å²) < 4.78 is 13.3. The molecule has 0 N–H and O–H groups in total. The topological polar surface area (TPSA) is 0 Å². The Morgan fingerprint density at radius 3 is 2.67 bits per heavy atom. The zero-order chi connectivity index (χ0) is 13.0. The summed E-state index contributed by atoms with van der Waals surface area (Å²) in [6.45, 7) is 2.16. The fourth-order valence-corrected chi connectivity index (χ4v) is 3.95. The second kappa shape index (κ2) is 6.41. The van der Waals surface area contributed by atoms with Gasteiger partial charge in [-0.3, -0.25) is 0 Å². The Labute approximate surface area is 111 Å². The summed E-state index contributed by atoms with van der Waals surface area (Å²) in [7, 11) is 0. The van der Waals surface area contributed by atoms with Crippen LogP contribution in [0.15, 0.2) is 12.2 Å². The van der Waals surface area contributed by atoms with Crippen molar-refractivity contribution < 1.29 is 4.39 Å². The summed E-state index contributed by atoms with van der Waals surface area (Å²) in [5, 5.41) is 0. The Hall–Kier alpha value is -0.770. The molecule has 0 aromatic rings. The SMILES string of the molecule is C#CC1C(C/C=C\CC)CCC1C1CCC(F)C1. The van der Waals surface area contributed by atoms with Gasteiger partial charge in [-0.1, -0.05) is 19.1 Å². The molecule has 0 nitrogen and oxygen atoms in total. The van der Waals surface area contributed by atoms with Crippen molar-refractivity contribution in [2.24, 2.45) is 23.7 Å². The van der Waals surface area contributed by atoms with Crippen LogP contribution in [0.1, 0.15) is 51.9 Å². The van der Waals surface area contributed by atoms with E-state index in [0.29, 0.717) is 23.7 Å². The van der Waals surface area contributed by atoms with Crippen molar-refractivity contribution in [1.29, 1.82) is 0 Å². The predicted molar refractivity (Wildman–Crippen MR) is 74.8 cm³/mol.